The van der Waals surface area contributed by atoms with Crippen molar-refractivity contribution in [1.82, 2.24) is 10.7 Å². The third-order valence-corrected chi connectivity index (χ3v) is 9.50. The van der Waals surface area contributed by atoms with Crippen molar-refractivity contribution >= 4 is 0 Å². The predicted octanol–water partition coefficient (Wildman–Crippen LogP) is 5.54. The van der Waals surface area contributed by atoms with E-state index in [-0.39, 0.29) is 0 Å². The smallest absolute Gasteiger partial charge is 0.0230 e. The Bertz CT molecular complexity index is 466. The lowest BCUT2D eigenvalue weighted by atomic mass is 9.49. The third-order valence-electron chi connectivity index (χ3n) is 9.50. The van der Waals surface area contributed by atoms with Crippen LogP contribution in [0.25, 0.3) is 0 Å². The highest BCUT2D eigenvalue weighted by molar-refractivity contribution is 5.07. The van der Waals surface area contributed by atoms with Crippen LogP contribution in [0.5, 0.6) is 0 Å². The molecule has 3 nitrogen and oxygen atoms in total. The van der Waals surface area contributed by atoms with Crippen LogP contribution in [0.3, 0.4) is 0 Å². The summed E-state index contributed by atoms with van der Waals surface area (Å²) in [6.45, 7) is 3.61. The molecule has 162 valence electrons. The Kier molecular flexibility index (Phi) is 7.39. The zero-order valence-electron chi connectivity index (χ0n) is 18.6. The van der Waals surface area contributed by atoms with Gasteiger partial charge in [0, 0.05) is 12.1 Å². The summed E-state index contributed by atoms with van der Waals surface area (Å²) in [5, 5.41) is 4.21. The Balaban J connectivity index is 1.50. The fourth-order valence-corrected chi connectivity index (χ4v) is 8.21. The van der Waals surface area contributed by atoms with Crippen LogP contribution in [0.2, 0.25) is 0 Å². The summed E-state index contributed by atoms with van der Waals surface area (Å²) in [5.41, 5.74) is 3.78. The van der Waals surface area contributed by atoms with Crippen LogP contribution in [0.4, 0.5) is 0 Å². The van der Waals surface area contributed by atoms with E-state index >= 15 is 0 Å². The van der Waals surface area contributed by atoms with Crippen LogP contribution >= 0.6 is 0 Å². The average Bonchev–Trinajstić information content (AvgIpc) is 2.74. The minimum atomic E-state index is 0.424. The highest BCUT2D eigenvalue weighted by Crippen LogP contribution is 2.58. The number of nitrogens with one attached hydrogen (secondary N) is 2. The number of hydrogen-bond donors (Lipinski definition) is 3. The van der Waals surface area contributed by atoms with E-state index in [0.717, 1.165) is 17.8 Å². The van der Waals surface area contributed by atoms with Gasteiger partial charge in [0.25, 0.3) is 0 Å². The topological polar surface area (TPSA) is 50.1 Å². The molecule has 0 radical (unpaired) electrons. The molecule has 4 aliphatic carbocycles. The summed E-state index contributed by atoms with van der Waals surface area (Å²) < 4.78 is 0. The van der Waals surface area contributed by atoms with Gasteiger partial charge < -0.3 is 5.32 Å². The summed E-state index contributed by atoms with van der Waals surface area (Å²) in [4.78, 5) is 0. The summed E-state index contributed by atoms with van der Waals surface area (Å²) in [6.07, 6.45) is 23.4. The number of nitrogens with two attached hydrogens (primary N) is 1. The molecule has 3 heteroatoms. The molecular weight excluding hydrogens is 342 g/mol. The molecule has 0 aromatic carbocycles. The molecule has 4 N–H and O–H groups in total. The van der Waals surface area contributed by atoms with Crippen molar-refractivity contribution < 1.29 is 0 Å². The first-order valence-electron chi connectivity index (χ1n) is 12.9. The van der Waals surface area contributed by atoms with Crippen LogP contribution in [-0.4, -0.2) is 18.6 Å². The Morgan fingerprint density at radius 1 is 0.893 bits per heavy atom. The number of fused-ring (bicyclic) bond motifs is 1. The molecule has 4 saturated carbocycles. The summed E-state index contributed by atoms with van der Waals surface area (Å²) in [7, 11) is 0. The van der Waals surface area contributed by atoms with E-state index in [4.69, 9.17) is 5.84 Å². The molecule has 0 aliphatic heterocycles. The monoisotopic (exact) mass is 389 g/mol. The molecule has 0 amide bonds. The van der Waals surface area contributed by atoms with E-state index in [0.29, 0.717) is 23.4 Å². The number of hydrazine groups is 1. The third kappa shape index (κ3) is 4.47. The first kappa shape index (κ1) is 21.1. The van der Waals surface area contributed by atoms with Crippen LogP contribution < -0.4 is 16.6 Å². The SMILES string of the molecule is CC(NN)C1C(NCCC2CCCCC2)C2CCCCC2CC12CCCCC2. The van der Waals surface area contributed by atoms with E-state index < -0.39 is 0 Å². The summed E-state index contributed by atoms with van der Waals surface area (Å²) in [6, 6.07) is 1.11. The maximum absolute atomic E-state index is 6.09. The molecule has 0 aromatic heterocycles. The van der Waals surface area contributed by atoms with E-state index in [1.54, 1.807) is 0 Å². The maximum Gasteiger partial charge on any atom is 0.0230 e. The van der Waals surface area contributed by atoms with E-state index in [1.165, 1.54) is 109 Å². The predicted molar refractivity (Wildman–Crippen MR) is 119 cm³/mol. The zero-order chi connectivity index (χ0) is 19.4. The van der Waals surface area contributed by atoms with Gasteiger partial charge >= 0.3 is 0 Å². The second-order valence-corrected chi connectivity index (χ2v) is 11.1. The zero-order valence-corrected chi connectivity index (χ0v) is 18.6. The Morgan fingerprint density at radius 3 is 2.32 bits per heavy atom. The maximum atomic E-state index is 6.09. The fourth-order valence-electron chi connectivity index (χ4n) is 8.21. The first-order chi connectivity index (χ1) is 13.7. The van der Waals surface area contributed by atoms with Crippen molar-refractivity contribution in [2.45, 2.75) is 122 Å². The largest absolute Gasteiger partial charge is 0.313 e. The van der Waals surface area contributed by atoms with Crippen LogP contribution in [0, 0.1) is 29.1 Å². The second-order valence-electron chi connectivity index (χ2n) is 11.1. The molecule has 5 atom stereocenters. The standard InChI is InChI=1S/C25H47N3/c1-19(28-26)23-24(27-17-14-20-10-4-2-5-11-20)22-13-7-6-12-21(22)18-25(23)15-8-3-9-16-25/h19-24,27-28H,2-18,26H2,1H3. The van der Waals surface area contributed by atoms with Crippen molar-refractivity contribution in [1.29, 1.82) is 0 Å². The molecule has 4 aliphatic rings. The van der Waals surface area contributed by atoms with Crippen LogP contribution in [0.15, 0.2) is 0 Å². The fraction of sp³-hybridized carbons (Fsp3) is 1.00. The highest BCUT2D eigenvalue weighted by Gasteiger charge is 2.54. The number of hydrogen-bond acceptors (Lipinski definition) is 3. The quantitative estimate of drug-likeness (QED) is 0.413. The lowest BCUT2D eigenvalue weighted by Gasteiger charge is -2.59. The van der Waals surface area contributed by atoms with Gasteiger partial charge in [-0.1, -0.05) is 70.6 Å². The van der Waals surface area contributed by atoms with Gasteiger partial charge in [-0.05, 0) is 74.7 Å². The molecule has 5 unspecified atom stereocenters. The minimum absolute atomic E-state index is 0.424. The van der Waals surface area contributed by atoms with Gasteiger partial charge in [0.2, 0.25) is 0 Å². The average molecular weight is 390 g/mol. The van der Waals surface area contributed by atoms with Crippen molar-refractivity contribution in [3.63, 3.8) is 0 Å². The Labute approximate surface area is 174 Å². The van der Waals surface area contributed by atoms with Crippen molar-refractivity contribution in [2.24, 2.45) is 34.9 Å². The van der Waals surface area contributed by atoms with Crippen LogP contribution in [0.1, 0.15) is 110 Å². The summed E-state index contributed by atoms with van der Waals surface area (Å²) >= 11 is 0. The van der Waals surface area contributed by atoms with E-state index in [1.807, 2.05) is 0 Å². The molecule has 0 aromatic rings. The Morgan fingerprint density at radius 2 is 1.57 bits per heavy atom. The molecule has 0 saturated heterocycles. The Hall–Kier alpha value is -0.120. The van der Waals surface area contributed by atoms with Gasteiger partial charge in [0.15, 0.2) is 0 Å². The van der Waals surface area contributed by atoms with Crippen molar-refractivity contribution in [3.05, 3.63) is 0 Å². The van der Waals surface area contributed by atoms with Crippen molar-refractivity contribution in [3.8, 4) is 0 Å². The lowest BCUT2D eigenvalue weighted by Crippen LogP contribution is -2.63. The molecule has 4 rings (SSSR count). The molecule has 4 fully saturated rings. The highest BCUT2D eigenvalue weighted by atomic mass is 15.2. The second kappa shape index (κ2) is 9.79. The summed E-state index contributed by atoms with van der Waals surface area (Å²) in [5.74, 6) is 9.66. The molecule has 28 heavy (non-hydrogen) atoms. The van der Waals surface area contributed by atoms with Gasteiger partial charge in [0.05, 0.1) is 0 Å². The lowest BCUT2D eigenvalue weighted by molar-refractivity contribution is -0.0673. The van der Waals surface area contributed by atoms with Crippen molar-refractivity contribution in [2.75, 3.05) is 6.54 Å². The molecule has 0 bridgehead atoms. The van der Waals surface area contributed by atoms with E-state index in [9.17, 15) is 0 Å². The first-order valence-corrected chi connectivity index (χ1v) is 12.9. The van der Waals surface area contributed by atoms with Gasteiger partial charge in [-0.2, -0.15) is 0 Å². The molecule has 0 heterocycles. The van der Waals surface area contributed by atoms with E-state index in [2.05, 4.69) is 17.7 Å². The normalized spacial score (nSPS) is 37.5. The van der Waals surface area contributed by atoms with Gasteiger partial charge in [-0.15, -0.1) is 0 Å². The van der Waals surface area contributed by atoms with Crippen LogP contribution in [-0.2, 0) is 0 Å². The molecular formula is C25H47N3. The minimum Gasteiger partial charge on any atom is -0.313 e. The number of rotatable bonds is 6. The van der Waals surface area contributed by atoms with Gasteiger partial charge in [0.1, 0.15) is 0 Å². The van der Waals surface area contributed by atoms with Gasteiger partial charge in [-0.3, -0.25) is 11.3 Å². The van der Waals surface area contributed by atoms with Gasteiger partial charge in [-0.25, -0.2) is 0 Å². The molecule has 1 spiro atoms.